The molecule has 1 aromatic heterocycles. The Morgan fingerprint density at radius 3 is 2.66 bits per heavy atom. The smallest absolute Gasteiger partial charge is 0.242 e. The maximum absolute atomic E-state index is 13.5. The van der Waals surface area contributed by atoms with Crippen LogP contribution in [0.25, 0.3) is 0 Å². The van der Waals surface area contributed by atoms with Gasteiger partial charge in [0.2, 0.25) is 11.8 Å². The predicted octanol–water partition coefficient (Wildman–Crippen LogP) is 4.65. The fraction of sp³-hybridized carbons (Fsp3) is 0.500. The molecule has 0 N–H and O–H groups in total. The van der Waals surface area contributed by atoms with E-state index in [-0.39, 0.29) is 30.3 Å². The average molecular weight is 411 g/mol. The minimum Gasteiger partial charge on any atom is -0.333 e. The van der Waals surface area contributed by atoms with Gasteiger partial charge >= 0.3 is 0 Å². The van der Waals surface area contributed by atoms with Crippen LogP contribution < -0.4 is 0 Å². The quantitative estimate of drug-likeness (QED) is 0.667. The first-order chi connectivity index (χ1) is 14.2. The molecule has 1 aromatic carbocycles. The van der Waals surface area contributed by atoms with Crippen LogP contribution in [0.1, 0.15) is 61.1 Å². The van der Waals surface area contributed by atoms with E-state index >= 15 is 0 Å². The zero-order valence-electron chi connectivity index (χ0n) is 17.2. The normalized spacial score (nSPS) is 18.8. The van der Waals surface area contributed by atoms with Crippen LogP contribution in [-0.2, 0) is 16.0 Å². The Morgan fingerprint density at radius 1 is 1.17 bits per heavy atom. The van der Waals surface area contributed by atoms with E-state index in [1.165, 1.54) is 10.4 Å². The van der Waals surface area contributed by atoms with Crippen molar-refractivity contribution in [3.05, 3.63) is 57.8 Å². The van der Waals surface area contributed by atoms with E-state index in [0.717, 1.165) is 44.1 Å². The van der Waals surface area contributed by atoms with Crippen molar-refractivity contribution >= 4 is 23.2 Å². The second-order valence-electron chi connectivity index (χ2n) is 8.19. The molecule has 1 atom stereocenters. The predicted molar refractivity (Wildman–Crippen MR) is 117 cm³/mol. The largest absolute Gasteiger partial charge is 0.333 e. The molecular formula is C24H30N2O2S. The fourth-order valence-electron chi connectivity index (χ4n) is 4.36. The summed E-state index contributed by atoms with van der Waals surface area (Å²) >= 11 is 1.78. The molecule has 29 heavy (non-hydrogen) atoms. The van der Waals surface area contributed by atoms with Crippen LogP contribution in [0.2, 0.25) is 0 Å². The van der Waals surface area contributed by atoms with Crippen LogP contribution in [0.15, 0.2) is 41.8 Å². The third-order valence-electron chi connectivity index (χ3n) is 6.28. The van der Waals surface area contributed by atoms with E-state index in [1.807, 2.05) is 28.0 Å². The summed E-state index contributed by atoms with van der Waals surface area (Å²) in [7, 11) is 0. The second kappa shape index (κ2) is 9.12. The molecular weight excluding hydrogens is 380 g/mol. The minimum absolute atomic E-state index is 0.0504. The molecule has 0 radical (unpaired) electrons. The molecule has 2 heterocycles. The number of unbranched alkanes of at least 4 members (excludes halogenated alkanes) is 1. The van der Waals surface area contributed by atoms with Gasteiger partial charge in [-0.15, -0.1) is 11.3 Å². The third-order valence-corrected chi connectivity index (χ3v) is 7.27. The first-order valence-corrected chi connectivity index (χ1v) is 11.8. The number of thiophene rings is 1. The van der Waals surface area contributed by atoms with Crippen LogP contribution in [0.3, 0.4) is 0 Å². The number of carbonyl (C=O) groups is 2. The Morgan fingerprint density at radius 2 is 1.97 bits per heavy atom. The van der Waals surface area contributed by atoms with Gasteiger partial charge in [0.25, 0.3) is 0 Å². The number of amides is 2. The minimum atomic E-state index is -0.0504. The molecule has 1 aliphatic carbocycles. The topological polar surface area (TPSA) is 40.6 Å². The van der Waals surface area contributed by atoms with E-state index in [0.29, 0.717) is 13.1 Å². The highest BCUT2D eigenvalue weighted by Crippen LogP contribution is 2.38. The summed E-state index contributed by atoms with van der Waals surface area (Å²) in [5.74, 6) is 0.386. The molecule has 2 amide bonds. The lowest BCUT2D eigenvalue weighted by Crippen LogP contribution is -2.48. The van der Waals surface area contributed by atoms with Gasteiger partial charge < -0.3 is 9.80 Å². The number of nitrogens with zero attached hydrogens (tertiary/aromatic N) is 2. The van der Waals surface area contributed by atoms with Crippen molar-refractivity contribution in [2.45, 2.75) is 51.5 Å². The number of hydrogen-bond acceptors (Lipinski definition) is 3. The maximum atomic E-state index is 13.5. The standard InChI is InChI=1S/C24H30N2O2S/c1-2-3-14-25(24(28)19-10-7-11-19)17-22(27)26-15-12-21-20(13-16-29-21)23(26)18-8-5-4-6-9-18/h4-6,8-9,13,16,19,23H,2-3,7,10-12,14-15,17H2,1H3/t23-/m0/s1. The molecule has 0 unspecified atom stereocenters. The highest BCUT2D eigenvalue weighted by atomic mass is 32.1. The van der Waals surface area contributed by atoms with Gasteiger partial charge in [0, 0.05) is 23.9 Å². The first-order valence-electron chi connectivity index (χ1n) is 10.9. The molecule has 2 aliphatic rings. The van der Waals surface area contributed by atoms with Crippen LogP contribution in [0.4, 0.5) is 0 Å². The number of benzene rings is 1. The number of hydrogen-bond donors (Lipinski definition) is 0. The summed E-state index contributed by atoms with van der Waals surface area (Å²) in [5, 5.41) is 2.13. The van der Waals surface area contributed by atoms with E-state index in [2.05, 4.69) is 30.5 Å². The summed E-state index contributed by atoms with van der Waals surface area (Å²) in [6.07, 6.45) is 5.96. The van der Waals surface area contributed by atoms with Crippen LogP contribution >= 0.6 is 11.3 Å². The van der Waals surface area contributed by atoms with E-state index in [4.69, 9.17) is 0 Å². The zero-order chi connectivity index (χ0) is 20.2. The Labute approximate surface area is 177 Å². The van der Waals surface area contributed by atoms with Gasteiger partial charge in [-0.05, 0) is 48.3 Å². The molecule has 1 saturated carbocycles. The van der Waals surface area contributed by atoms with E-state index in [1.54, 1.807) is 11.3 Å². The summed E-state index contributed by atoms with van der Waals surface area (Å²) in [5.41, 5.74) is 2.39. The van der Waals surface area contributed by atoms with Crippen LogP contribution in [0.5, 0.6) is 0 Å². The summed E-state index contributed by atoms with van der Waals surface area (Å²) in [6.45, 7) is 3.73. The van der Waals surface area contributed by atoms with Crippen molar-refractivity contribution in [1.82, 2.24) is 9.80 Å². The van der Waals surface area contributed by atoms with Crippen molar-refractivity contribution in [3.8, 4) is 0 Å². The second-order valence-corrected chi connectivity index (χ2v) is 9.19. The van der Waals surface area contributed by atoms with Crippen molar-refractivity contribution in [2.75, 3.05) is 19.6 Å². The Balaban J connectivity index is 1.56. The van der Waals surface area contributed by atoms with Crippen molar-refractivity contribution in [2.24, 2.45) is 5.92 Å². The number of rotatable bonds is 7. The van der Waals surface area contributed by atoms with Crippen molar-refractivity contribution in [1.29, 1.82) is 0 Å². The molecule has 0 saturated heterocycles. The summed E-state index contributed by atoms with van der Waals surface area (Å²) in [4.78, 5) is 31.6. The molecule has 2 aromatic rings. The zero-order valence-corrected chi connectivity index (χ0v) is 18.0. The van der Waals surface area contributed by atoms with Gasteiger partial charge in [0.1, 0.15) is 0 Å². The van der Waals surface area contributed by atoms with Crippen LogP contribution in [-0.4, -0.2) is 41.2 Å². The van der Waals surface area contributed by atoms with Gasteiger partial charge in [0.05, 0.1) is 12.6 Å². The highest BCUT2D eigenvalue weighted by Gasteiger charge is 2.35. The van der Waals surface area contributed by atoms with Crippen molar-refractivity contribution < 1.29 is 9.59 Å². The highest BCUT2D eigenvalue weighted by molar-refractivity contribution is 7.10. The van der Waals surface area contributed by atoms with Gasteiger partial charge in [-0.2, -0.15) is 0 Å². The number of carbonyl (C=O) groups excluding carboxylic acids is 2. The summed E-state index contributed by atoms with van der Waals surface area (Å²) < 4.78 is 0. The van der Waals surface area contributed by atoms with Gasteiger partial charge in [-0.25, -0.2) is 0 Å². The lowest BCUT2D eigenvalue weighted by Gasteiger charge is -2.38. The molecule has 0 bridgehead atoms. The fourth-order valence-corrected chi connectivity index (χ4v) is 5.27. The summed E-state index contributed by atoms with van der Waals surface area (Å²) in [6, 6.07) is 12.4. The monoisotopic (exact) mass is 410 g/mol. The first kappa shape index (κ1) is 20.1. The molecule has 0 spiro atoms. The van der Waals surface area contributed by atoms with Crippen LogP contribution in [0, 0.1) is 5.92 Å². The van der Waals surface area contributed by atoms with Gasteiger partial charge in [-0.3, -0.25) is 9.59 Å². The molecule has 1 aliphatic heterocycles. The molecule has 5 heteroatoms. The maximum Gasteiger partial charge on any atom is 0.242 e. The van der Waals surface area contributed by atoms with E-state index < -0.39 is 0 Å². The molecule has 154 valence electrons. The third kappa shape index (κ3) is 4.25. The Bertz CT molecular complexity index is 844. The van der Waals surface area contributed by atoms with E-state index in [9.17, 15) is 9.59 Å². The Hall–Kier alpha value is -2.14. The SMILES string of the molecule is CCCCN(CC(=O)N1CCc2sccc2[C@@H]1c1ccccc1)C(=O)C1CCC1. The Kier molecular flexibility index (Phi) is 6.34. The number of fused-ring (bicyclic) bond motifs is 1. The van der Waals surface area contributed by atoms with Crippen molar-refractivity contribution in [3.63, 3.8) is 0 Å². The molecule has 4 nitrogen and oxygen atoms in total. The van der Waals surface area contributed by atoms with Gasteiger partial charge in [-0.1, -0.05) is 50.1 Å². The molecule has 1 fully saturated rings. The molecule has 4 rings (SSSR count). The lowest BCUT2D eigenvalue weighted by molar-refractivity contribution is -0.145. The average Bonchev–Trinajstić information content (AvgIpc) is 3.18. The van der Waals surface area contributed by atoms with Gasteiger partial charge in [0.15, 0.2) is 0 Å². The lowest BCUT2D eigenvalue weighted by atomic mass is 9.84.